The lowest BCUT2D eigenvalue weighted by Crippen LogP contribution is -2.20. The summed E-state index contributed by atoms with van der Waals surface area (Å²) < 4.78 is 9.91. The van der Waals surface area contributed by atoms with Gasteiger partial charge in [-0.25, -0.2) is 4.79 Å². The Kier molecular flexibility index (Phi) is 4.24. The minimum absolute atomic E-state index is 0.241. The van der Waals surface area contributed by atoms with Gasteiger partial charge >= 0.3 is 5.97 Å². The van der Waals surface area contributed by atoms with E-state index in [1.165, 1.54) is 28.2 Å². The van der Waals surface area contributed by atoms with Gasteiger partial charge in [0.1, 0.15) is 4.88 Å². The number of nitrogens with one attached hydrogen (secondary N) is 1. The quantitative estimate of drug-likeness (QED) is 0.876. The molecule has 1 aliphatic carbocycles. The monoisotopic (exact) mass is 320 g/mol. The van der Waals surface area contributed by atoms with Crippen LogP contribution in [-0.4, -0.2) is 23.6 Å². The van der Waals surface area contributed by atoms with Crippen molar-refractivity contribution in [2.75, 3.05) is 11.9 Å². The molecule has 116 valence electrons. The van der Waals surface area contributed by atoms with Crippen LogP contribution < -0.4 is 5.32 Å². The smallest absolute Gasteiger partial charge is 0.348 e. The third kappa shape index (κ3) is 3.36. The average Bonchev–Trinajstić information content (AvgIpc) is 3.10. The summed E-state index contributed by atoms with van der Waals surface area (Å²) in [6.07, 6.45) is 4.38. The third-order valence-corrected chi connectivity index (χ3v) is 4.64. The number of rotatable bonds is 4. The van der Waals surface area contributed by atoms with Crippen molar-refractivity contribution in [3.8, 4) is 0 Å². The van der Waals surface area contributed by atoms with E-state index in [1.807, 2.05) is 6.07 Å². The van der Waals surface area contributed by atoms with Crippen molar-refractivity contribution >= 4 is 29.1 Å². The predicted molar refractivity (Wildman–Crippen MR) is 81.1 cm³/mol. The molecule has 6 nitrogen and oxygen atoms in total. The van der Waals surface area contributed by atoms with Gasteiger partial charge in [0, 0.05) is 10.9 Å². The van der Waals surface area contributed by atoms with E-state index in [9.17, 15) is 9.59 Å². The first-order valence-corrected chi connectivity index (χ1v) is 7.95. The van der Waals surface area contributed by atoms with Crippen molar-refractivity contribution in [2.45, 2.75) is 32.6 Å². The number of nitrogens with zero attached hydrogens (tertiary/aromatic N) is 1. The highest BCUT2D eigenvalue weighted by molar-refractivity contribution is 7.14. The minimum Gasteiger partial charge on any atom is -0.451 e. The average molecular weight is 320 g/mol. The zero-order chi connectivity index (χ0) is 15.5. The van der Waals surface area contributed by atoms with Gasteiger partial charge in [0.2, 0.25) is 5.88 Å². The molecule has 0 radical (unpaired) electrons. The van der Waals surface area contributed by atoms with Gasteiger partial charge in [-0.1, -0.05) is 5.16 Å². The second kappa shape index (κ2) is 6.31. The second-order valence-electron chi connectivity index (χ2n) is 5.22. The van der Waals surface area contributed by atoms with Crippen LogP contribution in [0.2, 0.25) is 0 Å². The molecule has 1 aliphatic rings. The highest BCUT2D eigenvalue weighted by Crippen LogP contribution is 2.29. The summed E-state index contributed by atoms with van der Waals surface area (Å²) in [4.78, 5) is 25.5. The Bertz CT molecular complexity index is 681. The lowest BCUT2D eigenvalue weighted by molar-refractivity contribution is -0.119. The normalized spacial score (nSPS) is 13.5. The summed E-state index contributed by atoms with van der Waals surface area (Å²) in [7, 11) is 0. The Morgan fingerprint density at radius 3 is 2.91 bits per heavy atom. The number of amides is 1. The number of carbonyl (C=O) groups is 2. The van der Waals surface area contributed by atoms with E-state index in [0.29, 0.717) is 10.6 Å². The summed E-state index contributed by atoms with van der Waals surface area (Å²) in [6.45, 7) is 1.40. The number of aromatic nitrogens is 1. The number of carbonyl (C=O) groups excluding carboxylic acids is 2. The third-order valence-electron chi connectivity index (χ3n) is 3.42. The van der Waals surface area contributed by atoms with Crippen molar-refractivity contribution in [1.29, 1.82) is 0 Å². The Labute approximate surface area is 131 Å². The summed E-state index contributed by atoms with van der Waals surface area (Å²) in [6, 6.07) is 3.48. The maximum Gasteiger partial charge on any atom is 0.348 e. The lowest BCUT2D eigenvalue weighted by atomic mass is 9.99. The van der Waals surface area contributed by atoms with Crippen LogP contribution in [0, 0.1) is 6.92 Å². The Hall–Kier alpha value is -2.15. The summed E-state index contributed by atoms with van der Waals surface area (Å²) >= 11 is 1.47. The molecular formula is C15H16N2O4S. The molecule has 22 heavy (non-hydrogen) atoms. The van der Waals surface area contributed by atoms with E-state index in [4.69, 9.17) is 9.26 Å². The van der Waals surface area contributed by atoms with Crippen molar-refractivity contribution in [2.24, 2.45) is 0 Å². The van der Waals surface area contributed by atoms with E-state index >= 15 is 0 Å². The molecule has 2 aromatic heterocycles. The lowest BCUT2D eigenvalue weighted by Gasteiger charge is -2.08. The van der Waals surface area contributed by atoms with Crippen LogP contribution in [0.15, 0.2) is 16.7 Å². The van der Waals surface area contributed by atoms with Gasteiger partial charge in [-0.2, -0.15) is 0 Å². The number of fused-ring (bicyclic) bond motifs is 1. The van der Waals surface area contributed by atoms with Crippen LogP contribution >= 0.6 is 11.3 Å². The van der Waals surface area contributed by atoms with Crippen LogP contribution in [0.4, 0.5) is 5.88 Å². The highest BCUT2D eigenvalue weighted by Gasteiger charge is 2.19. The minimum atomic E-state index is -0.455. The molecule has 2 heterocycles. The van der Waals surface area contributed by atoms with Crippen LogP contribution in [0.1, 0.15) is 38.6 Å². The zero-order valence-electron chi connectivity index (χ0n) is 12.2. The van der Waals surface area contributed by atoms with E-state index in [1.54, 1.807) is 13.0 Å². The number of hydrogen-bond donors (Lipinski definition) is 1. The topological polar surface area (TPSA) is 81.4 Å². The van der Waals surface area contributed by atoms with E-state index in [2.05, 4.69) is 10.5 Å². The van der Waals surface area contributed by atoms with E-state index in [0.717, 1.165) is 19.3 Å². The van der Waals surface area contributed by atoms with Gasteiger partial charge in [0.05, 0.1) is 5.69 Å². The first kappa shape index (κ1) is 14.8. The fourth-order valence-electron chi connectivity index (χ4n) is 2.39. The van der Waals surface area contributed by atoms with Crippen LogP contribution in [-0.2, 0) is 22.4 Å². The molecule has 0 saturated carbocycles. The van der Waals surface area contributed by atoms with Crippen molar-refractivity contribution in [3.05, 3.63) is 33.1 Å². The number of hydrogen-bond acceptors (Lipinski definition) is 6. The standard InChI is InChI=1S/C15H16N2O4S/c1-9-6-14(21-17-9)16-13(18)8-20-15(19)12-7-10-4-2-3-5-11(10)22-12/h6-7H,2-5,8H2,1H3,(H,16,18). The predicted octanol–water partition coefficient (Wildman–Crippen LogP) is 2.72. The molecule has 3 rings (SSSR count). The maximum absolute atomic E-state index is 12.0. The SMILES string of the molecule is Cc1cc(NC(=O)COC(=O)c2cc3c(s2)CCCC3)on1. The van der Waals surface area contributed by atoms with Gasteiger partial charge in [-0.3, -0.25) is 10.1 Å². The molecule has 0 saturated heterocycles. The van der Waals surface area contributed by atoms with Crippen LogP contribution in [0.5, 0.6) is 0 Å². The molecule has 2 aromatic rings. The molecule has 1 N–H and O–H groups in total. The maximum atomic E-state index is 12.0. The van der Waals surface area contributed by atoms with E-state index in [-0.39, 0.29) is 12.5 Å². The molecular weight excluding hydrogens is 304 g/mol. The van der Waals surface area contributed by atoms with Crippen molar-refractivity contribution in [1.82, 2.24) is 5.16 Å². The fourth-order valence-corrected chi connectivity index (χ4v) is 3.54. The first-order valence-electron chi connectivity index (χ1n) is 7.13. The molecule has 0 atom stereocenters. The van der Waals surface area contributed by atoms with Gasteiger partial charge in [-0.05, 0) is 44.2 Å². The summed E-state index contributed by atoms with van der Waals surface area (Å²) in [5.41, 5.74) is 1.90. The molecule has 0 bridgehead atoms. The Morgan fingerprint density at radius 1 is 1.36 bits per heavy atom. The highest BCUT2D eigenvalue weighted by atomic mass is 32.1. The number of anilines is 1. The molecule has 0 aliphatic heterocycles. The van der Waals surface area contributed by atoms with Gasteiger partial charge in [-0.15, -0.1) is 11.3 Å². The van der Waals surface area contributed by atoms with Crippen LogP contribution in [0.3, 0.4) is 0 Å². The van der Waals surface area contributed by atoms with Crippen molar-refractivity contribution < 1.29 is 18.8 Å². The number of thiophene rings is 1. The van der Waals surface area contributed by atoms with Gasteiger partial charge in [0.25, 0.3) is 5.91 Å². The van der Waals surface area contributed by atoms with Gasteiger partial charge in [0.15, 0.2) is 6.61 Å². The Morgan fingerprint density at radius 2 is 2.18 bits per heavy atom. The molecule has 7 heteroatoms. The number of esters is 1. The molecule has 0 unspecified atom stereocenters. The summed E-state index contributed by atoms with van der Waals surface area (Å²) in [5, 5.41) is 6.13. The zero-order valence-corrected chi connectivity index (χ0v) is 13.0. The van der Waals surface area contributed by atoms with E-state index < -0.39 is 11.9 Å². The summed E-state index contributed by atoms with van der Waals surface area (Å²) in [5.74, 6) is -0.667. The first-order chi connectivity index (χ1) is 10.6. The van der Waals surface area contributed by atoms with Crippen molar-refractivity contribution in [3.63, 3.8) is 0 Å². The number of aryl methyl sites for hydroxylation is 3. The van der Waals surface area contributed by atoms with Gasteiger partial charge < -0.3 is 9.26 Å². The second-order valence-corrected chi connectivity index (χ2v) is 6.36. The molecule has 1 amide bonds. The largest absolute Gasteiger partial charge is 0.451 e. The molecule has 0 fully saturated rings. The molecule has 0 spiro atoms. The molecule has 0 aromatic carbocycles. The fraction of sp³-hybridized carbons (Fsp3) is 0.400. The Balaban J connectivity index is 1.53. The number of ether oxygens (including phenoxy) is 1. The van der Waals surface area contributed by atoms with Crippen LogP contribution in [0.25, 0.3) is 0 Å².